The number of carbonyl (C=O) groups is 1. The van der Waals surface area contributed by atoms with Crippen molar-refractivity contribution in [3.05, 3.63) is 40.4 Å². The van der Waals surface area contributed by atoms with Crippen molar-refractivity contribution in [2.45, 2.75) is 37.2 Å². The highest BCUT2D eigenvalue weighted by Crippen LogP contribution is 2.39. The Kier molecular flexibility index (Phi) is 5.76. The zero-order chi connectivity index (χ0) is 18.0. The van der Waals surface area contributed by atoms with Crippen LogP contribution in [-0.4, -0.2) is 27.3 Å². The van der Waals surface area contributed by atoms with Crippen molar-refractivity contribution < 1.29 is 9.53 Å². The van der Waals surface area contributed by atoms with Gasteiger partial charge in [-0.15, -0.1) is 11.3 Å². The Morgan fingerprint density at radius 3 is 2.60 bits per heavy atom. The third-order valence-electron chi connectivity index (χ3n) is 3.46. The van der Waals surface area contributed by atoms with Gasteiger partial charge in [-0.2, -0.15) is 0 Å². The average molecular weight is 437 g/mol. The number of hydrogen-bond acceptors (Lipinski definition) is 6. The third-order valence-corrected chi connectivity index (χ3v) is 5.96. The van der Waals surface area contributed by atoms with Crippen LogP contribution in [0.25, 0.3) is 21.3 Å². The van der Waals surface area contributed by atoms with Crippen LogP contribution in [0.3, 0.4) is 0 Å². The Hall–Kier alpha value is -1.44. The molecule has 4 nitrogen and oxygen atoms in total. The second kappa shape index (κ2) is 7.85. The summed E-state index contributed by atoms with van der Waals surface area (Å²) < 4.78 is 6.33. The molecule has 2 heterocycles. The molecule has 1 atom stereocenters. The molecule has 0 saturated carbocycles. The fraction of sp³-hybridized carbons (Fsp3) is 0.278. The molecule has 2 aromatic heterocycles. The molecule has 25 heavy (non-hydrogen) atoms. The summed E-state index contributed by atoms with van der Waals surface area (Å²) in [6.45, 7) is 5.54. The minimum absolute atomic E-state index is 0.125. The van der Waals surface area contributed by atoms with E-state index < -0.39 is 0 Å². The van der Waals surface area contributed by atoms with Crippen LogP contribution < -0.4 is 0 Å². The summed E-state index contributed by atoms with van der Waals surface area (Å²) >= 11 is 6.46. The average Bonchev–Trinajstić information content (AvgIpc) is 3.00. The standard InChI is InChI=1S/C18H17BrN2O2S2/c1-10(2)23-18(22)11(3)25-17-15-14(8-24-16(15)20-9-21-17)12-4-6-13(19)7-5-12/h4-11H,1-3H3/t11-/m1/s1. The summed E-state index contributed by atoms with van der Waals surface area (Å²) in [5.74, 6) is -0.229. The predicted molar refractivity (Wildman–Crippen MR) is 107 cm³/mol. The number of aromatic nitrogens is 2. The van der Waals surface area contributed by atoms with Crippen LogP contribution in [0.1, 0.15) is 20.8 Å². The summed E-state index contributed by atoms with van der Waals surface area (Å²) in [5, 5.41) is 3.54. The smallest absolute Gasteiger partial charge is 0.319 e. The predicted octanol–water partition coefficient (Wildman–Crippen LogP) is 5.55. The second-order valence-corrected chi connectivity index (χ2v) is 8.86. The van der Waals surface area contributed by atoms with Crippen molar-refractivity contribution in [1.29, 1.82) is 0 Å². The largest absolute Gasteiger partial charge is 0.462 e. The number of halogens is 1. The first-order valence-corrected chi connectivity index (χ1v) is 10.4. The van der Waals surface area contributed by atoms with Gasteiger partial charge in [-0.3, -0.25) is 4.79 Å². The number of benzene rings is 1. The number of esters is 1. The van der Waals surface area contributed by atoms with E-state index in [-0.39, 0.29) is 17.3 Å². The minimum atomic E-state index is -0.335. The first-order valence-electron chi connectivity index (χ1n) is 7.81. The fourth-order valence-electron chi connectivity index (χ4n) is 2.32. The Morgan fingerprint density at radius 2 is 1.92 bits per heavy atom. The fourth-order valence-corrected chi connectivity index (χ4v) is 4.49. The van der Waals surface area contributed by atoms with Crippen LogP contribution in [0, 0.1) is 0 Å². The highest BCUT2D eigenvalue weighted by molar-refractivity contribution is 9.10. The van der Waals surface area contributed by atoms with Crippen LogP contribution in [0.5, 0.6) is 0 Å². The highest BCUT2D eigenvalue weighted by atomic mass is 79.9. The van der Waals surface area contributed by atoms with Crippen molar-refractivity contribution in [3.8, 4) is 11.1 Å². The number of ether oxygens (including phenoxy) is 1. The Bertz CT molecular complexity index is 894. The zero-order valence-corrected chi connectivity index (χ0v) is 17.2. The van der Waals surface area contributed by atoms with Crippen molar-refractivity contribution in [1.82, 2.24) is 9.97 Å². The minimum Gasteiger partial charge on any atom is -0.462 e. The number of carbonyl (C=O) groups excluding carboxylic acids is 1. The van der Waals surface area contributed by atoms with Crippen LogP contribution >= 0.6 is 39.0 Å². The van der Waals surface area contributed by atoms with Crippen molar-refractivity contribution in [2.24, 2.45) is 0 Å². The van der Waals surface area contributed by atoms with Crippen molar-refractivity contribution in [2.75, 3.05) is 0 Å². The topological polar surface area (TPSA) is 52.1 Å². The van der Waals surface area contributed by atoms with E-state index in [1.54, 1.807) is 17.7 Å². The molecule has 0 aliphatic rings. The first-order chi connectivity index (χ1) is 12.0. The van der Waals surface area contributed by atoms with E-state index in [2.05, 4.69) is 43.4 Å². The molecule has 3 rings (SSSR count). The molecule has 0 aliphatic carbocycles. The maximum absolute atomic E-state index is 12.1. The summed E-state index contributed by atoms with van der Waals surface area (Å²) in [5.41, 5.74) is 2.18. The van der Waals surface area contributed by atoms with Gasteiger partial charge in [0.1, 0.15) is 21.4 Å². The summed E-state index contributed by atoms with van der Waals surface area (Å²) in [7, 11) is 0. The van der Waals surface area contributed by atoms with Gasteiger partial charge in [0.05, 0.1) is 11.5 Å². The lowest BCUT2D eigenvalue weighted by atomic mass is 10.1. The molecule has 0 unspecified atom stereocenters. The van der Waals surface area contributed by atoms with E-state index in [4.69, 9.17) is 4.74 Å². The normalized spacial score (nSPS) is 12.5. The molecule has 0 radical (unpaired) electrons. The summed E-state index contributed by atoms with van der Waals surface area (Å²) in [4.78, 5) is 21.9. The highest BCUT2D eigenvalue weighted by Gasteiger charge is 2.21. The van der Waals surface area contributed by atoms with Crippen molar-refractivity contribution in [3.63, 3.8) is 0 Å². The van der Waals surface area contributed by atoms with Crippen LogP contribution in [0.15, 0.2) is 45.5 Å². The number of thiophene rings is 1. The monoisotopic (exact) mass is 436 g/mol. The SMILES string of the molecule is CC(C)OC(=O)[C@@H](C)Sc1ncnc2scc(-c3ccc(Br)cc3)c12. The van der Waals surface area contributed by atoms with Crippen LogP contribution in [0.4, 0.5) is 0 Å². The van der Waals surface area contributed by atoms with Crippen LogP contribution in [0.2, 0.25) is 0 Å². The first kappa shape index (κ1) is 18.4. The van der Waals surface area contributed by atoms with Gasteiger partial charge < -0.3 is 4.74 Å². The molecule has 0 spiro atoms. The Balaban J connectivity index is 1.97. The molecular formula is C18H17BrN2O2S2. The van der Waals surface area contributed by atoms with Gasteiger partial charge in [0.25, 0.3) is 0 Å². The lowest BCUT2D eigenvalue weighted by molar-refractivity contribution is -0.146. The summed E-state index contributed by atoms with van der Waals surface area (Å²) in [6.07, 6.45) is 1.42. The van der Waals surface area contributed by atoms with Crippen molar-refractivity contribution >= 4 is 55.2 Å². The van der Waals surface area contributed by atoms with E-state index in [0.29, 0.717) is 0 Å². The number of rotatable bonds is 5. The molecule has 0 saturated heterocycles. The van der Waals surface area contributed by atoms with E-state index in [9.17, 15) is 4.79 Å². The second-order valence-electron chi connectivity index (χ2n) is 5.76. The van der Waals surface area contributed by atoms with Gasteiger partial charge in [0.2, 0.25) is 0 Å². The molecule has 0 aliphatic heterocycles. The number of nitrogens with zero attached hydrogens (tertiary/aromatic N) is 2. The lowest BCUT2D eigenvalue weighted by Crippen LogP contribution is -2.20. The maximum atomic E-state index is 12.1. The number of fused-ring (bicyclic) bond motifs is 1. The van der Waals surface area contributed by atoms with E-state index >= 15 is 0 Å². The van der Waals surface area contributed by atoms with Gasteiger partial charge in [0.15, 0.2) is 0 Å². The van der Waals surface area contributed by atoms with Gasteiger partial charge in [-0.1, -0.05) is 39.8 Å². The van der Waals surface area contributed by atoms with Gasteiger partial charge >= 0.3 is 5.97 Å². The van der Waals surface area contributed by atoms with E-state index in [1.165, 1.54) is 11.8 Å². The number of thioether (sulfide) groups is 1. The molecule has 1 aromatic carbocycles. The van der Waals surface area contributed by atoms with Gasteiger partial charge in [-0.05, 0) is 38.5 Å². The molecule has 0 fully saturated rings. The van der Waals surface area contributed by atoms with Gasteiger partial charge in [-0.25, -0.2) is 9.97 Å². The molecule has 130 valence electrons. The molecule has 0 amide bonds. The third kappa shape index (κ3) is 4.22. The quantitative estimate of drug-likeness (QED) is 0.298. The lowest BCUT2D eigenvalue weighted by Gasteiger charge is -2.13. The zero-order valence-electron chi connectivity index (χ0n) is 14.0. The van der Waals surface area contributed by atoms with E-state index in [1.807, 2.05) is 32.9 Å². The molecule has 3 aromatic rings. The van der Waals surface area contributed by atoms with E-state index in [0.717, 1.165) is 30.8 Å². The molecule has 0 N–H and O–H groups in total. The number of hydrogen-bond donors (Lipinski definition) is 0. The van der Waals surface area contributed by atoms with Gasteiger partial charge in [0, 0.05) is 15.4 Å². The summed E-state index contributed by atoms with van der Waals surface area (Å²) in [6, 6.07) is 8.14. The Morgan fingerprint density at radius 1 is 1.20 bits per heavy atom. The Labute approximate surface area is 163 Å². The van der Waals surface area contributed by atoms with Crippen LogP contribution in [-0.2, 0) is 9.53 Å². The molecule has 0 bridgehead atoms. The molecule has 7 heteroatoms. The maximum Gasteiger partial charge on any atom is 0.319 e. The molecular weight excluding hydrogens is 420 g/mol.